The van der Waals surface area contributed by atoms with Crippen LogP contribution in [0, 0.1) is 15.9 Å². The van der Waals surface area contributed by atoms with Crippen LogP contribution in [0.4, 0.5) is 10.1 Å². The van der Waals surface area contributed by atoms with E-state index in [0.29, 0.717) is 5.88 Å². The van der Waals surface area contributed by atoms with Gasteiger partial charge in [-0.3, -0.25) is 14.8 Å². The molecule has 0 radical (unpaired) electrons. The van der Waals surface area contributed by atoms with E-state index in [0.717, 1.165) is 11.6 Å². The first-order valence-corrected chi connectivity index (χ1v) is 5.64. The summed E-state index contributed by atoms with van der Waals surface area (Å²) in [5.41, 5.74) is 0.494. The van der Waals surface area contributed by atoms with E-state index < -0.39 is 16.4 Å². The van der Waals surface area contributed by atoms with Crippen molar-refractivity contribution in [3.63, 3.8) is 0 Å². The van der Waals surface area contributed by atoms with Crippen LogP contribution in [0.3, 0.4) is 0 Å². The number of benzene rings is 1. The van der Waals surface area contributed by atoms with Gasteiger partial charge in [0, 0.05) is 23.4 Å². The lowest BCUT2D eigenvalue weighted by Crippen LogP contribution is -2.04. The first kappa shape index (κ1) is 12.5. The molecule has 0 saturated heterocycles. The van der Waals surface area contributed by atoms with Crippen molar-refractivity contribution in [1.29, 1.82) is 0 Å². The van der Waals surface area contributed by atoms with E-state index in [1.165, 1.54) is 16.8 Å². The van der Waals surface area contributed by atoms with Gasteiger partial charge in [0.15, 0.2) is 0 Å². The molecule has 7 heteroatoms. The van der Waals surface area contributed by atoms with Crippen LogP contribution >= 0.6 is 11.6 Å². The molecule has 94 valence electrons. The molecule has 0 aliphatic carbocycles. The molecule has 1 heterocycles. The molecule has 1 aromatic carbocycles. The normalized spacial score (nSPS) is 10.6. The number of halogens is 2. The molecular formula is C11H9ClFN3O2. The molecule has 0 amide bonds. The molecule has 0 saturated carbocycles. The first-order valence-electron chi connectivity index (χ1n) is 5.11. The number of aromatic nitrogens is 2. The van der Waals surface area contributed by atoms with Gasteiger partial charge in [-0.2, -0.15) is 9.49 Å². The summed E-state index contributed by atoms with van der Waals surface area (Å²) in [6.45, 7) is 0.129. The van der Waals surface area contributed by atoms with Crippen LogP contribution in [-0.2, 0) is 12.4 Å². The third-order valence-electron chi connectivity index (χ3n) is 2.43. The Morgan fingerprint density at radius 2 is 2.28 bits per heavy atom. The Bertz CT molecular complexity index is 585. The van der Waals surface area contributed by atoms with E-state index in [2.05, 4.69) is 5.10 Å². The van der Waals surface area contributed by atoms with Crippen molar-refractivity contribution in [2.45, 2.75) is 12.4 Å². The molecule has 0 bridgehead atoms. The van der Waals surface area contributed by atoms with Crippen LogP contribution in [0.5, 0.6) is 0 Å². The van der Waals surface area contributed by atoms with Crippen molar-refractivity contribution < 1.29 is 9.31 Å². The average molecular weight is 270 g/mol. The molecule has 18 heavy (non-hydrogen) atoms. The SMILES string of the molecule is O=[N+]([O-])c1cccc(Cn2cc(CCl)cn2)c1F. The van der Waals surface area contributed by atoms with Gasteiger partial charge in [0.1, 0.15) is 0 Å². The molecule has 2 rings (SSSR count). The van der Waals surface area contributed by atoms with Gasteiger partial charge in [0.25, 0.3) is 0 Å². The highest BCUT2D eigenvalue weighted by Gasteiger charge is 2.17. The van der Waals surface area contributed by atoms with E-state index in [1.807, 2.05) is 0 Å². The monoisotopic (exact) mass is 269 g/mol. The van der Waals surface area contributed by atoms with Crippen LogP contribution in [0.2, 0.25) is 0 Å². The average Bonchev–Trinajstić information content (AvgIpc) is 2.79. The van der Waals surface area contributed by atoms with E-state index >= 15 is 0 Å². The highest BCUT2D eigenvalue weighted by atomic mass is 35.5. The van der Waals surface area contributed by atoms with Gasteiger partial charge in [-0.1, -0.05) is 12.1 Å². The van der Waals surface area contributed by atoms with Gasteiger partial charge in [0.05, 0.1) is 23.5 Å². The smallest absolute Gasteiger partial charge is 0.268 e. The van der Waals surface area contributed by atoms with Crippen molar-refractivity contribution in [2.24, 2.45) is 0 Å². The summed E-state index contributed by atoms with van der Waals surface area (Å²) < 4.78 is 15.3. The Morgan fingerprint density at radius 1 is 1.50 bits per heavy atom. The molecule has 0 spiro atoms. The predicted octanol–water partition coefficient (Wildman–Crippen LogP) is 2.72. The number of nitrogens with zero attached hydrogens (tertiary/aromatic N) is 3. The number of nitro benzene ring substituents is 1. The lowest BCUT2D eigenvalue weighted by atomic mass is 10.2. The van der Waals surface area contributed by atoms with Gasteiger partial charge >= 0.3 is 5.69 Å². The highest BCUT2D eigenvalue weighted by molar-refractivity contribution is 6.17. The van der Waals surface area contributed by atoms with Crippen LogP contribution in [-0.4, -0.2) is 14.7 Å². The maximum atomic E-state index is 13.8. The molecule has 2 aromatic rings. The summed E-state index contributed by atoms with van der Waals surface area (Å²) in [7, 11) is 0. The second-order valence-corrected chi connectivity index (χ2v) is 3.95. The second-order valence-electron chi connectivity index (χ2n) is 3.69. The topological polar surface area (TPSA) is 61.0 Å². The minimum atomic E-state index is -0.828. The minimum Gasteiger partial charge on any atom is -0.268 e. The van der Waals surface area contributed by atoms with E-state index in [9.17, 15) is 14.5 Å². The highest BCUT2D eigenvalue weighted by Crippen LogP contribution is 2.20. The number of rotatable bonds is 4. The lowest BCUT2D eigenvalue weighted by molar-refractivity contribution is -0.387. The Labute approximate surface area is 107 Å². The van der Waals surface area contributed by atoms with Crippen LogP contribution in [0.1, 0.15) is 11.1 Å². The second kappa shape index (κ2) is 5.14. The zero-order valence-corrected chi connectivity index (χ0v) is 9.97. The molecule has 0 aliphatic rings. The van der Waals surface area contributed by atoms with Gasteiger partial charge in [-0.05, 0) is 0 Å². The minimum absolute atomic E-state index is 0.129. The third kappa shape index (κ3) is 2.48. The Morgan fingerprint density at radius 3 is 2.89 bits per heavy atom. The maximum absolute atomic E-state index is 13.8. The fraction of sp³-hybridized carbons (Fsp3) is 0.182. The van der Waals surface area contributed by atoms with Crippen molar-refractivity contribution in [3.8, 4) is 0 Å². The van der Waals surface area contributed by atoms with Gasteiger partial charge in [0.2, 0.25) is 5.82 Å². The largest absolute Gasteiger partial charge is 0.305 e. The molecule has 0 aliphatic heterocycles. The Kier molecular flexibility index (Phi) is 3.57. The molecule has 0 unspecified atom stereocenters. The predicted molar refractivity (Wildman–Crippen MR) is 63.9 cm³/mol. The summed E-state index contributed by atoms with van der Waals surface area (Å²) in [5, 5.41) is 14.6. The zero-order valence-electron chi connectivity index (χ0n) is 9.22. The van der Waals surface area contributed by atoms with E-state index in [4.69, 9.17) is 11.6 Å². The number of hydrogen-bond acceptors (Lipinski definition) is 3. The number of alkyl halides is 1. The van der Waals surface area contributed by atoms with Crippen molar-refractivity contribution in [2.75, 3.05) is 0 Å². The molecule has 0 atom stereocenters. The number of hydrogen-bond donors (Lipinski definition) is 0. The molecule has 0 fully saturated rings. The quantitative estimate of drug-likeness (QED) is 0.487. The zero-order chi connectivity index (χ0) is 13.1. The molecule has 5 nitrogen and oxygen atoms in total. The van der Waals surface area contributed by atoms with Crippen LogP contribution in [0.25, 0.3) is 0 Å². The van der Waals surface area contributed by atoms with Gasteiger partial charge < -0.3 is 0 Å². The summed E-state index contributed by atoms with van der Waals surface area (Å²) in [4.78, 5) is 9.86. The summed E-state index contributed by atoms with van der Waals surface area (Å²) in [5.74, 6) is -0.511. The fourth-order valence-corrected chi connectivity index (χ4v) is 1.70. The van der Waals surface area contributed by atoms with Gasteiger partial charge in [-0.15, -0.1) is 11.6 Å². The summed E-state index contributed by atoms with van der Waals surface area (Å²) in [6, 6.07) is 4.07. The maximum Gasteiger partial charge on any atom is 0.305 e. The van der Waals surface area contributed by atoms with Crippen LogP contribution in [0.15, 0.2) is 30.6 Å². The van der Waals surface area contributed by atoms with Gasteiger partial charge in [-0.25, -0.2) is 0 Å². The molecule has 1 aromatic heterocycles. The fourth-order valence-electron chi connectivity index (χ4n) is 1.57. The molecular weight excluding hydrogens is 261 g/mol. The summed E-state index contributed by atoms with van der Waals surface area (Å²) in [6.07, 6.45) is 3.24. The standard InChI is InChI=1S/C11H9ClFN3O2/c12-4-8-5-14-15(6-8)7-9-2-1-3-10(11(9)13)16(17)18/h1-3,5-6H,4,7H2. The number of nitro groups is 1. The van der Waals surface area contributed by atoms with Crippen LogP contribution < -0.4 is 0 Å². The third-order valence-corrected chi connectivity index (χ3v) is 2.74. The Hall–Kier alpha value is -1.95. The first-order chi connectivity index (χ1) is 8.61. The summed E-state index contributed by atoms with van der Waals surface area (Å²) >= 11 is 5.62. The lowest BCUT2D eigenvalue weighted by Gasteiger charge is -2.03. The molecule has 0 N–H and O–H groups in total. The van der Waals surface area contributed by atoms with Crippen molar-refractivity contribution in [1.82, 2.24) is 9.78 Å². The van der Waals surface area contributed by atoms with Crippen molar-refractivity contribution in [3.05, 3.63) is 57.7 Å². The Balaban J connectivity index is 2.29. The van der Waals surface area contributed by atoms with E-state index in [-0.39, 0.29) is 12.1 Å². The van der Waals surface area contributed by atoms with Crippen molar-refractivity contribution >= 4 is 17.3 Å². The van der Waals surface area contributed by atoms with E-state index in [1.54, 1.807) is 12.4 Å².